The maximum absolute atomic E-state index is 5.84. The summed E-state index contributed by atoms with van der Waals surface area (Å²) in [5, 5.41) is 1.11. The Morgan fingerprint density at radius 2 is 2.20 bits per heavy atom. The number of hydrogen-bond donors (Lipinski definition) is 0. The number of fused-ring (bicyclic) bond motifs is 1. The monoisotopic (exact) mass is 266 g/mol. The van der Waals surface area contributed by atoms with Gasteiger partial charge in [0.15, 0.2) is 11.3 Å². The molecule has 0 N–H and O–H groups in total. The molecule has 1 aliphatic carbocycles. The molecular weight excluding hydrogens is 256 g/mol. The topological polar surface area (TPSA) is 22.4 Å². The predicted octanol–water partition coefficient (Wildman–Crippen LogP) is 4.08. The first-order valence-corrected chi connectivity index (χ1v) is 5.85. The van der Waals surface area contributed by atoms with E-state index >= 15 is 0 Å². The number of methoxy groups -OCH3 is 1. The minimum absolute atomic E-state index is 0.633. The number of benzene rings is 1. The van der Waals surface area contributed by atoms with Gasteiger partial charge in [0.2, 0.25) is 0 Å². The highest BCUT2D eigenvalue weighted by atomic mass is 79.9. The third kappa shape index (κ3) is 1.46. The molecule has 2 aromatic rings. The van der Waals surface area contributed by atoms with Crippen molar-refractivity contribution in [2.75, 3.05) is 7.11 Å². The van der Waals surface area contributed by atoms with E-state index in [0.717, 1.165) is 27.0 Å². The minimum atomic E-state index is 0.633. The van der Waals surface area contributed by atoms with E-state index in [-0.39, 0.29) is 0 Å². The summed E-state index contributed by atoms with van der Waals surface area (Å²) in [6.07, 6.45) is 2.50. The fourth-order valence-corrected chi connectivity index (χ4v) is 2.24. The molecule has 0 unspecified atom stereocenters. The van der Waals surface area contributed by atoms with Gasteiger partial charge in [-0.3, -0.25) is 0 Å². The van der Waals surface area contributed by atoms with Gasteiger partial charge in [0.05, 0.1) is 7.11 Å². The maximum atomic E-state index is 5.84. The average molecular weight is 267 g/mol. The van der Waals surface area contributed by atoms with E-state index in [4.69, 9.17) is 9.15 Å². The number of hydrogen-bond acceptors (Lipinski definition) is 2. The number of halogens is 1. The largest absolute Gasteiger partial charge is 0.493 e. The quantitative estimate of drug-likeness (QED) is 0.817. The number of rotatable bonds is 2. The van der Waals surface area contributed by atoms with E-state index in [2.05, 4.69) is 22.0 Å². The van der Waals surface area contributed by atoms with Gasteiger partial charge in [-0.1, -0.05) is 15.9 Å². The summed E-state index contributed by atoms with van der Waals surface area (Å²) in [6.45, 7) is 0. The van der Waals surface area contributed by atoms with Gasteiger partial charge in [-0.2, -0.15) is 0 Å². The zero-order chi connectivity index (χ0) is 10.4. The lowest BCUT2D eigenvalue weighted by molar-refractivity contribution is 0.407. The van der Waals surface area contributed by atoms with Gasteiger partial charge < -0.3 is 9.15 Å². The van der Waals surface area contributed by atoms with Gasteiger partial charge in [0.1, 0.15) is 5.76 Å². The van der Waals surface area contributed by atoms with Crippen molar-refractivity contribution in [3.05, 3.63) is 28.4 Å². The smallest absolute Gasteiger partial charge is 0.177 e. The van der Waals surface area contributed by atoms with Crippen molar-refractivity contribution in [3.8, 4) is 5.75 Å². The first-order chi connectivity index (χ1) is 7.29. The molecule has 0 radical (unpaired) electrons. The molecule has 2 nitrogen and oxygen atoms in total. The van der Waals surface area contributed by atoms with Crippen molar-refractivity contribution in [3.63, 3.8) is 0 Å². The number of furan rings is 1. The summed E-state index contributed by atoms with van der Waals surface area (Å²) in [5.74, 6) is 2.53. The van der Waals surface area contributed by atoms with Crippen molar-refractivity contribution in [1.82, 2.24) is 0 Å². The van der Waals surface area contributed by atoms with Crippen LogP contribution in [0.5, 0.6) is 5.75 Å². The average Bonchev–Trinajstić information content (AvgIpc) is 2.99. The summed E-state index contributed by atoms with van der Waals surface area (Å²) in [6, 6.07) is 6.04. The molecule has 0 spiro atoms. The highest BCUT2D eigenvalue weighted by Gasteiger charge is 2.28. The van der Waals surface area contributed by atoms with Crippen LogP contribution in [0.3, 0.4) is 0 Å². The molecular formula is C12H11BrO2. The molecule has 0 aliphatic heterocycles. The third-order valence-electron chi connectivity index (χ3n) is 2.81. The summed E-state index contributed by atoms with van der Waals surface area (Å²) in [5.41, 5.74) is 0.855. The first kappa shape index (κ1) is 9.28. The van der Waals surface area contributed by atoms with Crippen molar-refractivity contribution in [2.45, 2.75) is 18.8 Å². The van der Waals surface area contributed by atoms with Crippen molar-refractivity contribution < 1.29 is 9.15 Å². The molecule has 78 valence electrons. The highest BCUT2D eigenvalue weighted by Crippen LogP contribution is 2.44. The molecule has 0 saturated heterocycles. The van der Waals surface area contributed by atoms with Gasteiger partial charge in [-0.25, -0.2) is 0 Å². The second-order valence-corrected chi connectivity index (χ2v) is 4.77. The Hall–Kier alpha value is -0.960. The number of ether oxygens (including phenoxy) is 1. The van der Waals surface area contributed by atoms with Crippen LogP contribution in [0, 0.1) is 0 Å². The second-order valence-electron chi connectivity index (χ2n) is 3.92. The Labute approximate surface area is 96.3 Å². The molecule has 1 aromatic heterocycles. The molecule has 1 fully saturated rings. The third-order valence-corrected chi connectivity index (χ3v) is 3.50. The molecule has 0 atom stereocenters. The predicted molar refractivity (Wildman–Crippen MR) is 62.4 cm³/mol. The van der Waals surface area contributed by atoms with E-state index in [9.17, 15) is 0 Å². The van der Waals surface area contributed by atoms with Gasteiger partial charge in [-0.15, -0.1) is 0 Å². The van der Waals surface area contributed by atoms with E-state index in [1.807, 2.05) is 12.1 Å². The Morgan fingerprint density at radius 1 is 1.40 bits per heavy atom. The Morgan fingerprint density at radius 3 is 2.87 bits per heavy atom. The van der Waals surface area contributed by atoms with E-state index in [1.54, 1.807) is 7.11 Å². The van der Waals surface area contributed by atoms with E-state index < -0.39 is 0 Å². The molecule has 1 heterocycles. The molecule has 15 heavy (non-hydrogen) atoms. The van der Waals surface area contributed by atoms with Crippen LogP contribution < -0.4 is 4.74 Å². The summed E-state index contributed by atoms with van der Waals surface area (Å²) in [4.78, 5) is 0. The lowest BCUT2D eigenvalue weighted by Crippen LogP contribution is -1.82. The van der Waals surface area contributed by atoms with Crippen LogP contribution >= 0.6 is 15.9 Å². The molecule has 3 rings (SSSR count). The Balaban J connectivity index is 2.25. The van der Waals surface area contributed by atoms with Gasteiger partial charge in [-0.05, 0) is 31.0 Å². The maximum Gasteiger partial charge on any atom is 0.177 e. The molecule has 1 aliphatic rings. The molecule has 1 saturated carbocycles. The highest BCUT2D eigenvalue weighted by molar-refractivity contribution is 9.10. The van der Waals surface area contributed by atoms with Crippen LogP contribution in [0.2, 0.25) is 0 Å². The van der Waals surface area contributed by atoms with Gasteiger partial charge in [0, 0.05) is 15.8 Å². The van der Waals surface area contributed by atoms with E-state index in [1.165, 1.54) is 12.8 Å². The normalized spacial score (nSPS) is 15.9. The Kier molecular flexibility index (Phi) is 2.02. The fraction of sp³-hybridized carbons (Fsp3) is 0.333. The zero-order valence-corrected chi connectivity index (χ0v) is 10.0. The van der Waals surface area contributed by atoms with Crippen LogP contribution in [-0.2, 0) is 0 Å². The van der Waals surface area contributed by atoms with Crippen molar-refractivity contribution >= 4 is 26.9 Å². The van der Waals surface area contributed by atoms with Crippen LogP contribution in [0.15, 0.2) is 27.1 Å². The lowest BCUT2D eigenvalue weighted by Gasteiger charge is -2.00. The minimum Gasteiger partial charge on any atom is -0.493 e. The molecule has 0 amide bonds. The molecule has 3 heteroatoms. The van der Waals surface area contributed by atoms with Crippen LogP contribution in [0.4, 0.5) is 0 Å². The zero-order valence-electron chi connectivity index (χ0n) is 8.42. The van der Waals surface area contributed by atoms with Crippen molar-refractivity contribution in [1.29, 1.82) is 0 Å². The molecule has 1 aromatic carbocycles. The first-order valence-electron chi connectivity index (χ1n) is 5.05. The van der Waals surface area contributed by atoms with Gasteiger partial charge in [0.25, 0.3) is 0 Å². The summed E-state index contributed by atoms with van der Waals surface area (Å²) in [7, 11) is 1.67. The van der Waals surface area contributed by atoms with Crippen LogP contribution in [0.1, 0.15) is 24.5 Å². The summed E-state index contributed by atoms with van der Waals surface area (Å²) < 4.78 is 12.2. The SMILES string of the molecule is COc1ccc(Br)c2cc(C3CC3)oc12. The van der Waals surface area contributed by atoms with Gasteiger partial charge >= 0.3 is 0 Å². The lowest BCUT2D eigenvalue weighted by atomic mass is 10.2. The van der Waals surface area contributed by atoms with Crippen LogP contribution in [-0.4, -0.2) is 7.11 Å². The van der Waals surface area contributed by atoms with E-state index in [0.29, 0.717) is 5.92 Å². The molecule has 0 bridgehead atoms. The van der Waals surface area contributed by atoms with Crippen molar-refractivity contribution in [2.24, 2.45) is 0 Å². The standard InChI is InChI=1S/C12H11BrO2/c1-14-10-5-4-9(13)8-6-11(7-2-3-7)15-12(8)10/h4-7H,2-3H2,1H3. The summed E-state index contributed by atoms with van der Waals surface area (Å²) >= 11 is 3.53. The second kappa shape index (κ2) is 3.27. The Bertz CT molecular complexity index is 512. The van der Waals surface area contributed by atoms with Crippen LogP contribution in [0.25, 0.3) is 11.0 Å². The fourth-order valence-electron chi connectivity index (χ4n) is 1.81.